The molecule has 1 unspecified atom stereocenters. The maximum atomic E-state index is 12.5. The van der Waals surface area contributed by atoms with Crippen LogP contribution >= 0.6 is 0 Å². The lowest BCUT2D eigenvalue weighted by molar-refractivity contribution is -0.137. The van der Waals surface area contributed by atoms with Gasteiger partial charge in [-0.25, -0.2) is 4.79 Å². The number of fused-ring (bicyclic) bond motifs is 1. The molecule has 42 heavy (non-hydrogen) atoms. The highest BCUT2D eigenvalue weighted by atomic mass is 16.6. The molecule has 0 bridgehead atoms. The topological polar surface area (TPSA) is 113 Å². The quantitative estimate of drug-likeness (QED) is 0.142. The Morgan fingerprint density at radius 1 is 0.929 bits per heavy atom. The van der Waals surface area contributed by atoms with E-state index in [4.69, 9.17) is 9.47 Å². The zero-order chi connectivity index (χ0) is 30.0. The third-order valence-corrected chi connectivity index (χ3v) is 6.85. The van der Waals surface area contributed by atoms with Crippen molar-refractivity contribution >= 4 is 23.0 Å². The summed E-state index contributed by atoms with van der Waals surface area (Å²) >= 11 is 0. The summed E-state index contributed by atoms with van der Waals surface area (Å²) in [5.41, 5.74) is 3.63. The number of benzene rings is 3. The average Bonchev–Trinajstić information content (AvgIpc) is 3.35. The molecule has 8 heteroatoms. The molecule has 222 valence electrons. The Hall–Kier alpha value is -4.30. The lowest BCUT2D eigenvalue weighted by atomic mass is 9.99. The fraction of sp³-hybridized carbons (Fsp3) is 0.353. The maximum Gasteiger partial charge on any atom is 0.407 e. The number of carboxylic acids is 1. The summed E-state index contributed by atoms with van der Waals surface area (Å²) in [6, 6.07) is 25.5. The Kier molecular flexibility index (Phi) is 10.6. The fourth-order valence-corrected chi connectivity index (χ4v) is 4.94. The Morgan fingerprint density at radius 3 is 2.43 bits per heavy atom. The van der Waals surface area contributed by atoms with Crippen LogP contribution in [0.4, 0.5) is 4.79 Å². The first-order valence-corrected chi connectivity index (χ1v) is 14.4. The van der Waals surface area contributed by atoms with E-state index in [9.17, 15) is 14.7 Å². The van der Waals surface area contributed by atoms with Crippen molar-refractivity contribution in [2.24, 2.45) is 0 Å². The number of rotatable bonds is 14. The van der Waals surface area contributed by atoms with Crippen LogP contribution in [0.5, 0.6) is 5.75 Å². The van der Waals surface area contributed by atoms with Crippen LogP contribution in [0.25, 0.3) is 10.9 Å². The van der Waals surface area contributed by atoms with Crippen molar-refractivity contribution in [1.29, 1.82) is 0 Å². The van der Waals surface area contributed by atoms with E-state index < -0.39 is 17.7 Å². The lowest BCUT2D eigenvalue weighted by Gasteiger charge is -2.26. The molecule has 0 spiro atoms. The molecule has 8 nitrogen and oxygen atoms in total. The van der Waals surface area contributed by atoms with Gasteiger partial charge in [0.2, 0.25) is 0 Å². The number of aromatic nitrogens is 1. The second-order valence-corrected chi connectivity index (χ2v) is 11.6. The average molecular weight is 572 g/mol. The number of aryl methyl sites for hydroxylation is 1. The summed E-state index contributed by atoms with van der Waals surface area (Å²) in [6.07, 6.45) is 3.30. The Bertz CT molecular complexity index is 1440. The highest BCUT2D eigenvalue weighted by Crippen LogP contribution is 2.21. The summed E-state index contributed by atoms with van der Waals surface area (Å²) < 4.78 is 11.5. The smallest absolute Gasteiger partial charge is 0.407 e. The van der Waals surface area contributed by atoms with Gasteiger partial charge in [0.25, 0.3) is 0 Å². The Morgan fingerprint density at radius 2 is 1.67 bits per heavy atom. The number of carbonyl (C=O) groups excluding carboxylic acids is 1. The molecule has 4 N–H and O–H groups in total. The minimum absolute atomic E-state index is 0.0503. The van der Waals surface area contributed by atoms with Crippen molar-refractivity contribution in [3.05, 3.63) is 102 Å². The van der Waals surface area contributed by atoms with Crippen LogP contribution in [0.3, 0.4) is 0 Å². The van der Waals surface area contributed by atoms with Crippen molar-refractivity contribution in [3.8, 4) is 5.75 Å². The molecule has 0 radical (unpaired) electrons. The van der Waals surface area contributed by atoms with Gasteiger partial charge in [-0.15, -0.1) is 0 Å². The minimum atomic E-state index is -0.880. The van der Waals surface area contributed by atoms with E-state index in [1.165, 1.54) is 0 Å². The molecule has 3 aromatic carbocycles. The van der Waals surface area contributed by atoms with Gasteiger partial charge < -0.3 is 30.2 Å². The summed E-state index contributed by atoms with van der Waals surface area (Å²) in [6.45, 7) is 6.24. The highest BCUT2D eigenvalue weighted by molar-refractivity contribution is 5.83. The number of carbonyl (C=O) groups is 2. The van der Waals surface area contributed by atoms with E-state index in [0.29, 0.717) is 32.4 Å². The first-order valence-electron chi connectivity index (χ1n) is 14.4. The lowest BCUT2D eigenvalue weighted by Crippen LogP contribution is -2.48. The van der Waals surface area contributed by atoms with Crippen LogP contribution in [-0.2, 0) is 29.0 Å². The first-order chi connectivity index (χ1) is 20.1. The summed E-state index contributed by atoms with van der Waals surface area (Å²) in [5, 5.41) is 17.2. The van der Waals surface area contributed by atoms with E-state index in [1.54, 1.807) is 0 Å². The van der Waals surface area contributed by atoms with Crippen molar-refractivity contribution < 1.29 is 24.2 Å². The summed E-state index contributed by atoms with van der Waals surface area (Å²) in [7, 11) is 0. The summed E-state index contributed by atoms with van der Waals surface area (Å²) in [4.78, 5) is 27.6. The number of para-hydroxylation sites is 1. The number of aromatic amines is 1. The molecule has 1 amide bonds. The molecule has 0 saturated carbocycles. The van der Waals surface area contributed by atoms with E-state index in [2.05, 4.69) is 21.7 Å². The molecule has 2 atom stereocenters. The third kappa shape index (κ3) is 9.96. The molecule has 0 aliphatic carbocycles. The van der Waals surface area contributed by atoms with Crippen LogP contribution in [-0.4, -0.2) is 46.4 Å². The van der Waals surface area contributed by atoms with Crippen molar-refractivity contribution in [3.63, 3.8) is 0 Å². The largest absolute Gasteiger partial charge is 0.489 e. The molecule has 4 aromatic rings. The number of amides is 1. The van der Waals surface area contributed by atoms with Crippen LogP contribution in [0.15, 0.2) is 85.1 Å². The Labute approximate surface area is 247 Å². The van der Waals surface area contributed by atoms with Gasteiger partial charge in [0.15, 0.2) is 0 Å². The molecule has 0 fully saturated rings. The van der Waals surface area contributed by atoms with Crippen molar-refractivity contribution in [1.82, 2.24) is 15.6 Å². The van der Waals surface area contributed by atoms with Gasteiger partial charge in [-0.05, 0) is 74.9 Å². The predicted octanol–water partition coefficient (Wildman–Crippen LogP) is 6.25. The molecule has 1 heterocycles. The van der Waals surface area contributed by atoms with E-state index in [0.717, 1.165) is 33.3 Å². The fourth-order valence-electron chi connectivity index (χ4n) is 4.94. The molecular formula is C34H41N3O5. The third-order valence-electron chi connectivity index (χ3n) is 6.85. The van der Waals surface area contributed by atoms with Crippen molar-refractivity contribution in [2.45, 2.75) is 70.7 Å². The zero-order valence-corrected chi connectivity index (χ0v) is 24.6. The second-order valence-electron chi connectivity index (χ2n) is 11.6. The normalized spacial score (nSPS) is 12.9. The van der Waals surface area contributed by atoms with Crippen molar-refractivity contribution in [2.75, 3.05) is 6.54 Å². The van der Waals surface area contributed by atoms with Crippen LogP contribution < -0.4 is 15.4 Å². The molecular weight excluding hydrogens is 530 g/mol. The predicted molar refractivity (Wildman–Crippen MR) is 165 cm³/mol. The first kappa shape index (κ1) is 30.7. The van der Waals surface area contributed by atoms with Gasteiger partial charge in [0.05, 0.1) is 6.42 Å². The SMILES string of the molecule is CC(C)(C)OC(=O)NCC(CCc1cccc(OCc2ccccc2)c1)N[C@@H](CC(=O)O)Cc1c[nH]c2ccccc12. The number of alkyl carbamates (subject to hydrolysis) is 1. The monoisotopic (exact) mass is 571 g/mol. The van der Waals surface area contributed by atoms with Gasteiger partial charge in [0, 0.05) is 35.7 Å². The molecule has 1 aromatic heterocycles. The van der Waals surface area contributed by atoms with E-state index in [-0.39, 0.29) is 18.5 Å². The standard InChI is InChI=1S/C34H41N3O5/c1-34(2,3)42-33(40)36-22-27(17-16-24-12-9-13-29(18-24)41-23-25-10-5-4-6-11-25)37-28(20-32(38)39)19-26-21-35-31-15-8-7-14-30(26)31/h4-15,18,21,27-28,35,37H,16-17,19-20,22-23H2,1-3H3,(H,36,40)(H,38,39)/t27?,28-/m1/s1. The number of carboxylic acid groups (broad SMARTS) is 1. The second kappa shape index (κ2) is 14.5. The number of aliphatic carboxylic acids is 1. The molecule has 0 saturated heterocycles. The van der Waals surface area contributed by atoms with E-state index >= 15 is 0 Å². The number of nitrogens with one attached hydrogen (secondary N) is 3. The maximum absolute atomic E-state index is 12.5. The van der Waals surface area contributed by atoms with Gasteiger partial charge in [0.1, 0.15) is 18.0 Å². The zero-order valence-electron chi connectivity index (χ0n) is 24.6. The van der Waals surface area contributed by atoms with Gasteiger partial charge in [-0.3, -0.25) is 4.79 Å². The Balaban J connectivity index is 1.45. The van der Waals surface area contributed by atoms with E-state index in [1.807, 2.05) is 99.8 Å². The van der Waals surface area contributed by atoms with Gasteiger partial charge in [-0.2, -0.15) is 0 Å². The minimum Gasteiger partial charge on any atom is -0.489 e. The number of H-pyrrole nitrogens is 1. The van der Waals surface area contributed by atoms with Crippen LogP contribution in [0.1, 0.15) is 50.3 Å². The van der Waals surface area contributed by atoms with Gasteiger partial charge >= 0.3 is 12.1 Å². The molecule has 4 rings (SSSR count). The van der Waals surface area contributed by atoms with Crippen LogP contribution in [0.2, 0.25) is 0 Å². The van der Waals surface area contributed by atoms with Crippen LogP contribution in [0, 0.1) is 0 Å². The number of hydrogen-bond donors (Lipinski definition) is 4. The van der Waals surface area contributed by atoms with Gasteiger partial charge in [-0.1, -0.05) is 60.7 Å². The molecule has 0 aliphatic rings. The summed E-state index contributed by atoms with van der Waals surface area (Å²) in [5.74, 6) is -0.0923. The highest BCUT2D eigenvalue weighted by Gasteiger charge is 2.22. The number of hydrogen-bond acceptors (Lipinski definition) is 5. The molecule has 0 aliphatic heterocycles. The number of ether oxygens (including phenoxy) is 2.